The molecule has 0 aliphatic carbocycles. The van der Waals surface area contributed by atoms with Crippen LogP contribution in [-0.4, -0.2) is 38.9 Å². The second-order valence-corrected chi connectivity index (χ2v) is 3.11. The largest absolute Gasteiger partial charge is 0.378 e. The molecule has 0 fully saturated rings. The molecule has 0 aromatic rings. The van der Waals surface area contributed by atoms with Crippen molar-refractivity contribution in [2.75, 3.05) is 0 Å². The van der Waals surface area contributed by atoms with E-state index in [2.05, 4.69) is 0 Å². The van der Waals surface area contributed by atoms with Gasteiger partial charge in [0.2, 0.25) is 0 Å². The van der Waals surface area contributed by atoms with Crippen molar-refractivity contribution in [3.05, 3.63) is 0 Å². The molecule has 0 saturated carbocycles. The maximum Gasteiger partial charge on any atom is 0.111 e. The number of nitrogens with zero attached hydrogens (tertiary/aromatic N) is 1. The summed E-state index contributed by atoms with van der Waals surface area (Å²) in [5, 5.41) is 28.6. The average molecular weight is 228 g/mol. The van der Waals surface area contributed by atoms with Crippen molar-refractivity contribution in [2.24, 2.45) is 0 Å². The number of aliphatic hydroxyl groups is 3. The van der Waals surface area contributed by atoms with E-state index in [1.807, 2.05) is 20.8 Å². The van der Waals surface area contributed by atoms with Crippen molar-refractivity contribution < 1.29 is 15.3 Å². The minimum Gasteiger partial charge on any atom is -0.378 e. The summed E-state index contributed by atoms with van der Waals surface area (Å²) in [4.78, 5) is 1.33. The van der Waals surface area contributed by atoms with Crippen LogP contribution in [0, 0.1) is 0 Å². The van der Waals surface area contributed by atoms with Crippen molar-refractivity contribution in [3.8, 4) is 0 Å². The second kappa shape index (κ2) is 8.44. The standard InChI is InChI=1S/C9H21NO3.ClH/c1-4-7(11)10(8(12)5-2)9(13)6-3;/h7-9,11-13H,4-6H2,1-3H3;1H. The smallest absolute Gasteiger partial charge is 0.111 e. The van der Waals surface area contributed by atoms with Crippen molar-refractivity contribution in [3.63, 3.8) is 0 Å². The van der Waals surface area contributed by atoms with Gasteiger partial charge in [0, 0.05) is 0 Å². The number of hydrogen-bond acceptors (Lipinski definition) is 4. The molecule has 0 aromatic heterocycles. The first kappa shape index (κ1) is 16.6. The van der Waals surface area contributed by atoms with Gasteiger partial charge in [-0.2, -0.15) is 0 Å². The fraction of sp³-hybridized carbons (Fsp3) is 1.00. The Bertz CT molecular complexity index is 113. The van der Waals surface area contributed by atoms with E-state index in [0.717, 1.165) is 0 Å². The van der Waals surface area contributed by atoms with Crippen LogP contribution in [0.1, 0.15) is 40.0 Å². The first-order valence-electron chi connectivity index (χ1n) is 4.90. The Kier molecular flexibility index (Phi) is 9.98. The summed E-state index contributed by atoms with van der Waals surface area (Å²) in [6.07, 6.45) is -0.837. The molecule has 3 N–H and O–H groups in total. The summed E-state index contributed by atoms with van der Waals surface area (Å²) in [6.45, 7) is 5.42. The van der Waals surface area contributed by atoms with E-state index in [9.17, 15) is 15.3 Å². The molecule has 14 heavy (non-hydrogen) atoms. The lowest BCUT2D eigenvalue weighted by atomic mass is 10.2. The van der Waals surface area contributed by atoms with Crippen LogP contribution in [0.5, 0.6) is 0 Å². The molecule has 0 aliphatic heterocycles. The lowest BCUT2D eigenvalue weighted by Crippen LogP contribution is -2.49. The van der Waals surface area contributed by atoms with Gasteiger partial charge in [0.05, 0.1) is 0 Å². The minimum absolute atomic E-state index is 0. The molecule has 0 amide bonds. The fourth-order valence-corrected chi connectivity index (χ4v) is 1.23. The lowest BCUT2D eigenvalue weighted by molar-refractivity contribution is -0.180. The van der Waals surface area contributed by atoms with Gasteiger partial charge in [-0.15, -0.1) is 12.4 Å². The van der Waals surface area contributed by atoms with E-state index in [1.165, 1.54) is 4.90 Å². The second-order valence-electron chi connectivity index (χ2n) is 3.11. The van der Waals surface area contributed by atoms with Gasteiger partial charge in [0.15, 0.2) is 0 Å². The van der Waals surface area contributed by atoms with E-state index in [-0.39, 0.29) is 12.4 Å². The molecular formula is C9H22ClNO3. The fourth-order valence-electron chi connectivity index (χ4n) is 1.23. The Morgan fingerprint density at radius 2 is 1.00 bits per heavy atom. The van der Waals surface area contributed by atoms with Gasteiger partial charge in [-0.1, -0.05) is 20.8 Å². The van der Waals surface area contributed by atoms with Crippen LogP contribution in [-0.2, 0) is 0 Å². The van der Waals surface area contributed by atoms with Crippen LogP contribution >= 0.6 is 12.4 Å². The molecular weight excluding hydrogens is 206 g/mol. The normalized spacial score (nSPS) is 17.4. The van der Waals surface area contributed by atoms with Crippen molar-refractivity contribution >= 4 is 12.4 Å². The molecule has 0 aliphatic rings. The van der Waals surface area contributed by atoms with Crippen LogP contribution in [0.3, 0.4) is 0 Å². The van der Waals surface area contributed by atoms with Crippen molar-refractivity contribution in [1.82, 2.24) is 4.90 Å². The van der Waals surface area contributed by atoms with Gasteiger partial charge in [0.1, 0.15) is 18.7 Å². The van der Waals surface area contributed by atoms with E-state index in [0.29, 0.717) is 19.3 Å². The van der Waals surface area contributed by atoms with Gasteiger partial charge >= 0.3 is 0 Å². The molecule has 0 radical (unpaired) electrons. The number of halogens is 1. The van der Waals surface area contributed by atoms with E-state index in [4.69, 9.17) is 0 Å². The number of aliphatic hydroxyl groups excluding tert-OH is 3. The van der Waals surface area contributed by atoms with Gasteiger partial charge in [-0.3, -0.25) is 0 Å². The lowest BCUT2D eigenvalue weighted by Gasteiger charge is -2.34. The number of hydrogen-bond donors (Lipinski definition) is 3. The van der Waals surface area contributed by atoms with Crippen LogP contribution in [0.2, 0.25) is 0 Å². The third kappa shape index (κ3) is 4.57. The van der Waals surface area contributed by atoms with Crippen LogP contribution in [0.25, 0.3) is 0 Å². The van der Waals surface area contributed by atoms with Gasteiger partial charge in [0.25, 0.3) is 0 Å². The highest BCUT2D eigenvalue weighted by Crippen LogP contribution is 2.13. The Labute approximate surface area is 92.0 Å². The van der Waals surface area contributed by atoms with Crippen LogP contribution in [0.15, 0.2) is 0 Å². The molecule has 0 rings (SSSR count). The molecule has 0 saturated heterocycles. The molecule has 5 heteroatoms. The van der Waals surface area contributed by atoms with Gasteiger partial charge in [-0.25, -0.2) is 4.90 Å². The van der Waals surface area contributed by atoms with E-state index in [1.54, 1.807) is 0 Å². The monoisotopic (exact) mass is 227 g/mol. The third-order valence-electron chi connectivity index (χ3n) is 2.13. The van der Waals surface area contributed by atoms with Crippen LogP contribution < -0.4 is 0 Å². The maximum absolute atomic E-state index is 9.53. The Hall–Kier alpha value is 0.130. The average Bonchev–Trinajstić information content (AvgIpc) is 2.16. The third-order valence-corrected chi connectivity index (χ3v) is 2.13. The molecule has 0 aromatic carbocycles. The predicted octanol–water partition coefficient (Wildman–Crippen LogP) is 0.895. The molecule has 4 nitrogen and oxygen atoms in total. The van der Waals surface area contributed by atoms with Crippen LogP contribution in [0.4, 0.5) is 0 Å². The first-order chi connectivity index (χ1) is 6.08. The summed E-state index contributed by atoms with van der Waals surface area (Å²) < 4.78 is 0. The van der Waals surface area contributed by atoms with E-state index >= 15 is 0 Å². The highest BCUT2D eigenvalue weighted by atomic mass is 35.5. The summed E-state index contributed by atoms with van der Waals surface area (Å²) in [5.41, 5.74) is 0. The maximum atomic E-state index is 9.53. The Balaban J connectivity index is 0. The molecule has 0 heterocycles. The highest BCUT2D eigenvalue weighted by Gasteiger charge is 2.26. The zero-order valence-electron chi connectivity index (χ0n) is 9.05. The Morgan fingerprint density at radius 3 is 1.14 bits per heavy atom. The molecule has 0 spiro atoms. The SMILES string of the molecule is CCC(O)N(C(O)CC)C(O)CC.Cl. The zero-order valence-corrected chi connectivity index (χ0v) is 9.87. The summed E-state index contributed by atoms with van der Waals surface area (Å²) in [6, 6.07) is 0. The highest BCUT2D eigenvalue weighted by molar-refractivity contribution is 5.85. The minimum atomic E-state index is -0.773. The molecule has 88 valence electrons. The van der Waals surface area contributed by atoms with Gasteiger partial charge in [-0.05, 0) is 19.3 Å². The Morgan fingerprint density at radius 1 is 0.786 bits per heavy atom. The topological polar surface area (TPSA) is 63.9 Å². The summed E-state index contributed by atoms with van der Waals surface area (Å²) >= 11 is 0. The summed E-state index contributed by atoms with van der Waals surface area (Å²) in [5.74, 6) is 0. The van der Waals surface area contributed by atoms with Gasteiger partial charge < -0.3 is 15.3 Å². The predicted molar refractivity (Wildman–Crippen MR) is 58.0 cm³/mol. The summed E-state index contributed by atoms with van der Waals surface area (Å²) in [7, 11) is 0. The van der Waals surface area contributed by atoms with Crippen molar-refractivity contribution in [2.45, 2.75) is 58.7 Å². The number of rotatable bonds is 6. The molecule has 0 bridgehead atoms. The zero-order chi connectivity index (χ0) is 10.4. The molecule has 3 atom stereocenters. The quantitative estimate of drug-likeness (QED) is 0.590. The van der Waals surface area contributed by atoms with E-state index < -0.39 is 18.7 Å². The van der Waals surface area contributed by atoms with Crippen molar-refractivity contribution in [1.29, 1.82) is 0 Å². The molecule has 3 unspecified atom stereocenters. The first-order valence-corrected chi connectivity index (χ1v) is 4.90.